The molecule has 1 aromatic carbocycles. The molecule has 8 nitrogen and oxygen atoms in total. The summed E-state index contributed by atoms with van der Waals surface area (Å²) in [6.07, 6.45) is 7.64. The lowest BCUT2D eigenvalue weighted by molar-refractivity contribution is 0.0695. The van der Waals surface area contributed by atoms with Gasteiger partial charge in [-0.3, -0.25) is 9.69 Å². The highest BCUT2D eigenvalue weighted by Crippen LogP contribution is 2.38. The number of carboxylic acids is 1. The smallest absolute Gasteiger partial charge is 0.341 e. The molecule has 0 radical (unpaired) electrons. The molecule has 1 aliphatic carbocycles. The molecular formula is C24H30FN5O3. The second-order valence-electron chi connectivity index (χ2n) is 9.09. The summed E-state index contributed by atoms with van der Waals surface area (Å²) in [5, 5.41) is 12.9. The third-order valence-corrected chi connectivity index (χ3v) is 6.82. The number of anilines is 1. The van der Waals surface area contributed by atoms with E-state index in [4.69, 9.17) is 0 Å². The quantitative estimate of drug-likeness (QED) is 0.687. The molecule has 2 N–H and O–H groups in total. The molecule has 2 aromatic rings. The van der Waals surface area contributed by atoms with Crippen molar-refractivity contribution in [3.05, 3.63) is 52.2 Å². The van der Waals surface area contributed by atoms with Crippen molar-refractivity contribution in [3.8, 4) is 0 Å². The van der Waals surface area contributed by atoms with Gasteiger partial charge in [-0.25, -0.2) is 9.18 Å². The van der Waals surface area contributed by atoms with Crippen LogP contribution in [0.3, 0.4) is 0 Å². The first-order valence-corrected chi connectivity index (χ1v) is 11.7. The van der Waals surface area contributed by atoms with Crippen LogP contribution in [0, 0.1) is 5.82 Å². The molecule has 3 fully saturated rings. The van der Waals surface area contributed by atoms with Crippen molar-refractivity contribution >= 4 is 22.6 Å². The van der Waals surface area contributed by atoms with Crippen molar-refractivity contribution in [3.63, 3.8) is 0 Å². The maximum atomic E-state index is 15.1. The Hall–Kier alpha value is -2.91. The molecule has 3 aliphatic rings. The van der Waals surface area contributed by atoms with Crippen LogP contribution in [0.15, 0.2) is 35.4 Å². The number of carboxylic acid groups (broad SMARTS) is 1. The van der Waals surface area contributed by atoms with Gasteiger partial charge >= 0.3 is 5.97 Å². The molecule has 5 rings (SSSR count). The largest absolute Gasteiger partial charge is 0.477 e. The number of nitrogens with one attached hydrogen (secondary N) is 1. The second-order valence-corrected chi connectivity index (χ2v) is 9.09. The molecular weight excluding hydrogens is 425 g/mol. The first kappa shape index (κ1) is 21.9. The van der Waals surface area contributed by atoms with E-state index in [1.807, 2.05) is 9.47 Å². The standard InChI is InChI=1S/C24H30FN5O3/c25-20-14-18-21(30(17-2-3-17)16-19(23(18)31)24(32)33)15-22(20)29-12-10-28(11-13-29)7-1-6-27-8-4-26-5-9-27/h1,7,14-17,26H,2-6,8-13H2,(H,32,33)/b7-1+. The molecule has 33 heavy (non-hydrogen) atoms. The summed E-state index contributed by atoms with van der Waals surface area (Å²) in [5.41, 5.74) is 0.160. The number of rotatable bonds is 6. The van der Waals surface area contributed by atoms with Crippen LogP contribution in [0.2, 0.25) is 0 Å². The minimum Gasteiger partial charge on any atom is -0.477 e. The highest BCUT2D eigenvalue weighted by Gasteiger charge is 2.28. The van der Waals surface area contributed by atoms with Gasteiger partial charge in [0.05, 0.1) is 11.2 Å². The number of piperazine rings is 2. The predicted octanol–water partition coefficient (Wildman–Crippen LogP) is 1.71. The van der Waals surface area contributed by atoms with E-state index in [1.165, 1.54) is 12.3 Å². The summed E-state index contributed by atoms with van der Waals surface area (Å²) >= 11 is 0. The average Bonchev–Trinajstić information content (AvgIpc) is 3.66. The van der Waals surface area contributed by atoms with Crippen molar-refractivity contribution in [2.75, 3.05) is 63.8 Å². The summed E-state index contributed by atoms with van der Waals surface area (Å²) in [5.74, 6) is -1.76. The topological polar surface area (TPSA) is 81.1 Å². The molecule has 1 aromatic heterocycles. The van der Waals surface area contributed by atoms with E-state index < -0.39 is 17.2 Å². The molecule has 0 bridgehead atoms. The molecule has 0 atom stereocenters. The number of fused-ring (bicyclic) bond motifs is 1. The van der Waals surface area contributed by atoms with E-state index in [9.17, 15) is 14.7 Å². The van der Waals surface area contributed by atoms with Crippen LogP contribution >= 0.6 is 0 Å². The second kappa shape index (κ2) is 9.15. The normalized spacial score (nSPS) is 20.2. The maximum Gasteiger partial charge on any atom is 0.341 e. The summed E-state index contributed by atoms with van der Waals surface area (Å²) in [4.78, 5) is 30.9. The number of halogens is 1. The van der Waals surface area contributed by atoms with Crippen LogP contribution in [-0.2, 0) is 0 Å². The SMILES string of the molecule is O=C(O)c1cn(C2CC2)c2cc(N3CCN(/C=C/CN4CCNCC4)CC3)c(F)cc2c1=O. The minimum atomic E-state index is -1.28. The van der Waals surface area contributed by atoms with E-state index in [-0.39, 0.29) is 17.0 Å². The van der Waals surface area contributed by atoms with Crippen LogP contribution in [0.5, 0.6) is 0 Å². The molecule has 0 spiro atoms. The number of aromatic nitrogens is 1. The third-order valence-electron chi connectivity index (χ3n) is 6.82. The fourth-order valence-corrected chi connectivity index (χ4v) is 4.76. The summed E-state index contributed by atoms with van der Waals surface area (Å²) in [6.45, 7) is 8.11. The Morgan fingerprint density at radius 2 is 1.85 bits per heavy atom. The molecule has 1 saturated carbocycles. The van der Waals surface area contributed by atoms with Crippen molar-refractivity contribution in [1.82, 2.24) is 19.7 Å². The van der Waals surface area contributed by atoms with Crippen LogP contribution in [0.25, 0.3) is 10.9 Å². The fourth-order valence-electron chi connectivity index (χ4n) is 4.76. The number of aromatic carboxylic acids is 1. The van der Waals surface area contributed by atoms with E-state index in [0.29, 0.717) is 24.3 Å². The van der Waals surface area contributed by atoms with Crippen LogP contribution in [0.4, 0.5) is 10.1 Å². The van der Waals surface area contributed by atoms with Crippen LogP contribution in [-0.4, -0.2) is 84.3 Å². The Balaban J connectivity index is 1.32. The Morgan fingerprint density at radius 1 is 1.12 bits per heavy atom. The number of nitrogens with zero attached hydrogens (tertiary/aromatic N) is 4. The summed E-state index contributed by atoms with van der Waals surface area (Å²) in [7, 11) is 0. The van der Waals surface area contributed by atoms with Crippen molar-refractivity contribution in [2.24, 2.45) is 0 Å². The van der Waals surface area contributed by atoms with Crippen LogP contribution < -0.4 is 15.6 Å². The number of hydrogen-bond donors (Lipinski definition) is 2. The number of carbonyl (C=O) groups is 1. The van der Waals surface area contributed by atoms with Gasteiger partial charge in [0.2, 0.25) is 5.43 Å². The number of pyridine rings is 1. The average molecular weight is 456 g/mol. The van der Waals surface area contributed by atoms with E-state index in [1.54, 1.807) is 6.07 Å². The van der Waals surface area contributed by atoms with Gasteiger partial charge in [0, 0.05) is 76.5 Å². The fraction of sp³-hybridized carbons (Fsp3) is 0.500. The lowest BCUT2D eigenvalue weighted by Crippen LogP contribution is -2.45. The maximum absolute atomic E-state index is 15.1. The molecule has 2 saturated heterocycles. The Labute approximate surface area is 191 Å². The highest BCUT2D eigenvalue weighted by atomic mass is 19.1. The van der Waals surface area contributed by atoms with Gasteiger partial charge in [0.1, 0.15) is 11.4 Å². The third kappa shape index (κ3) is 4.60. The Morgan fingerprint density at radius 3 is 2.52 bits per heavy atom. The molecule has 0 unspecified atom stereocenters. The minimum absolute atomic E-state index is 0.137. The molecule has 9 heteroatoms. The predicted molar refractivity (Wildman–Crippen MR) is 126 cm³/mol. The zero-order chi connectivity index (χ0) is 22.9. The molecule has 176 valence electrons. The Kier molecular flexibility index (Phi) is 6.07. The Bertz CT molecular complexity index is 1130. The lowest BCUT2D eigenvalue weighted by atomic mass is 10.1. The van der Waals surface area contributed by atoms with Crippen LogP contribution in [0.1, 0.15) is 29.2 Å². The van der Waals surface area contributed by atoms with Crippen molar-refractivity contribution in [2.45, 2.75) is 18.9 Å². The zero-order valence-electron chi connectivity index (χ0n) is 18.7. The molecule has 2 aliphatic heterocycles. The van der Waals surface area contributed by atoms with E-state index in [0.717, 1.165) is 58.7 Å². The first-order chi connectivity index (χ1) is 16.0. The number of hydrogen-bond acceptors (Lipinski definition) is 6. The number of benzene rings is 1. The summed E-state index contributed by atoms with van der Waals surface area (Å²) in [6, 6.07) is 3.12. The van der Waals surface area contributed by atoms with Crippen molar-refractivity contribution < 1.29 is 14.3 Å². The van der Waals surface area contributed by atoms with Gasteiger partial charge in [-0.15, -0.1) is 0 Å². The van der Waals surface area contributed by atoms with Gasteiger partial charge < -0.3 is 24.8 Å². The summed E-state index contributed by atoms with van der Waals surface area (Å²) < 4.78 is 16.9. The highest BCUT2D eigenvalue weighted by molar-refractivity contribution is 5.93. The molecule has 3 heterocycles. The van der Waals surface area contributed by atoms with E-state index in [2.05, 4.69) is 27.4 Å². The van der Waals surface area contributed by atoms with Gasteiger partial charge in [-0.1, -0.05) is 6.08 Å². The first-order valence-electron chi connectivity index (χ1n) is 11.7. The molecule has 0 amide bonds. The lowest BCUT2D eigenvalue weighted by Gasteiger charge is -2.36. The van der Waals surface area contributed by atoms with Gasteiger partial charge in [0.15, 0.2) is 0 Å². The van der Waals surface area contributed by atoms with Crippen molar-refractivity contribution in [1.29, 1.82) is 0 Å². The zero-order valence-corrected chi connectivity index (χ0v) is 18.7. The monoisotopic (exact) mass is 455 g/mol. The van der Waals surface area contributed by atoms with Gasteiger partial charge in [-0.05, 0) is 31.2 Å². The van der Waals surface area contributed by atoms with Gasteiger partial charge in [0.25, 0.3) is 0 Å². The van der Waals surface area contributed by atoms with E-state index >= 15 is 4.39 Å². The van der Waals surface area contributed by atoms with Gasteiger partial charge in [-0.2, -0.15) is 0 Å².